The zero-order valence-electron chi connectivity index (χ0n) is 8.16. The van der Waals surface area contributed by atoms with Crippen molar-refractivity contribution in [3.63, 3.8) is 0 Å². The summed E-state index contributed by atoms with van der Waals surface area (Å²) in [6, 6.07) is 0. The summed E-state index contributed by atoms with van der Waals surface area (Å²) in [7, 11) is 3.91. The largest absolute Gasteiger partial charge is 0.306 e. The van der Waals surface area contributed by atoms with Crippen LogP contribution in [0.3, 0.4) is 0 Å². The van der Waals surface area contributed by atoms with Crippen molar-refractivity contribution in [2.24, 2.45) is 11.8 Å². The normalized spacial score (nSPS) is 25.0. The first-order valence-electron chi connectivity index (χ1n) is 4.67. The molecule has 0 aliphatic carbocycles. The Morgan fingerprint density at radius 1 is 1.58 bits per heavy atom. The molecule has 1 saturated heterocycles. The zero-order valence-corrected chi connectivity index (χ0v) is 9.87. The molecule has 1 aliphatic rings. The molecule has 1 nitrogen and oxygen atoms in total. The van der Waals surface area contributed by atoms with Crippen molar-refractivity contribution in [2.45, 2.75) is 25.5 Å². The first kappa shape index (κ1) is 10.7. The maximum Gasteiger partial charge on any atom is 0.0152 e. The van der Waals surface area contributed by atoms with Crippen molar-refractivity contribution < 1.29 is 0 Å². The van der Waals surface area contributed by atoms with Crippen LogP contribution in [0.2, 0.25) is 0 Å². The van der Waals surface area contributed by atoms with E-state index < -0.39 is 0 Å². The second-order valence-corrected chi connectivity index (χ2v) is 5.45. The van der Waals surface area contributed by atoms with Gasteiger partial charge in [0.05, 0.1) is 0 Å². The molecule has 0 aromatic heterocycles. The van der Waals surface area contributed by atoms with Crippen LogP contribution in [0.1, 0.15) is 20.3 Å². The molecule has 0 amide bonds. The van der Waals surface area contributed by atoms with Crippen molar-refractivity contribution in [3.8, 4) is 0 Å². The Bertz CT molecular complexity index is 134. The number of thiol groups is 1. The lowest BCUT2D eigenvalue weighted by Gasteiger charge is -2.42. The van der Waals surface area contributed by atoms with Gasteiger partial charge in [0.25, 0.3) is 0 Å². The number of rotatable bonds is 4. The molecule has 1 fully saturated rings. The number of nitrogens with zero attached hydrogens (tertiary/aromatic N) is 1. The Hall–Kier alpha value is 0.660. The standard InChI is InChI=1S/C9H19NS2/c1-4-9(7(2)12-11)8-5-10(3)6-8/h7-9,11H,4-6H2,1-3H3/t7?,9-/m1/s1. The molecule has 0 bridgehead atoms. The van der Waals surface area contributed by atoms with E-state index in [1.165, 1.54) is 19.5 Å². The second kappa shape index (κ2) is 4.77. The molecule has 1 aliphatic heterocycles. The van der Waals surface area contributed by atoms with Crippen LogP contribution in [0.5, 0.6) is 0 Å². The predicted molar refractivity (Wildman–Crippen MR) is 60.8 cm³/mol. The van der Waals surface area contributed by atoms with Gasteiger partial charge in [-0.05, 0) is 18.9 Å². The first-order chi connectivity index (χ1) is 5.69. The Labute approximate surface area is 85.1 Å². The molecule has 0 saturated carbocycles. The highest BCUT2D eigenvalue weighted by molar-refractivity contribution is 8.68. The van der Waals surface area contributed by atoms with E-state index in [9.17, 15) is 0 Å². The van der Waals surface area contributed by atoms with Crippen molar-refractivity contribution >= 4 is 22.5 Å². The van der Waals surface area contributed by atoms with Gasteiger partial charge in [-0.15, -0.1) is 11.7 Å². The lowest BCUT2D eigenvalue weighted by Crippen LogP contribution is -2.49. The zero-order chi connectivity index (χ0) is 9.14. The van der Waals surface area contributed by atoms with E-state index in [2.05, 4.69) is 37.5 Å². The number of hydrogen-bond donors (Lipinski definition) is 1. The Kier molecular flexibility index (Phi) is 4.27. The van der Waals surface area contributed by atoms with Crippen LogP contribution in [-0.4, -0.2) is 30.3 Å². The quantitative estimate of drug-likeness (QED) is 0.555. The molecule has 1 heterocycles. The number of hydrogen-bond acceptors (Lipinski definition) is 3. The van der Waals surface area contributed by atoms with Crippen LogP contribution in [0.25, 0.3) is 0 Å². The monoisotopic (exact) mass is 205 g/mol. The lowest BCUT2D eigenvalue weighted by atomic mass is 9.82. The Balaban J connectivity index is 2.35. The molecule has 12 heavy (non-hydrogen) atoms. The minimum atomic E-state index is 0.706. The van der Waals surface area contributed by atoms with Crippen LogP contribution in [-0.2, 0) is 0 Å². The van der Waals surface area contributed by atoms with Gasteiger partial charge in [0, 0.05) is 18.3 Å². The van der Waals surface area contributed by atoms with E-state index in [1.807, 2.05) is 0 Å². The van der Waals surface area contributed by atoms with Crippen molar-refractivity contribution in [3.05, 3.63) is 0 Å². The van der Waals surface area contributed by atoms with Gasteiger partial charge in [-0.3, -0.25) is 0 Å². The summed E-state index contributed by atoms with van der Waals surface area (Å²) in [5, 5.41) is 0.706. The van der Waals surface area contributed by atoms with Crippen LogP contribution in [0, 0.1) is 11.8 Å². The smallest absolute Gasteiger partial charge is 0.0152 e. The van der Waals surface area contributed by atoms with Gasteiger partial charge in [-0.2, -0.15) is 0 Å². The minimum absolute atomic E-state index is 0.706. The summed E-state index contributed by atoms with van der Waals surface area (Å²) in [6.07, 6.45) is 1.30. The van der Waals surface area contributed by atoms with Crippen molar-refractivity contribution in [1.82, 2.24) is 4.90 Å². The van der Waals surface area contributed by atoms with Gasteiger partial charge in [-0.1, -0.05) is 31.1 Å². The average Bonchev–Trinajstić information content (AvgIpc) is 2.02. The van der Waals surface area contributed by atoms with Crippen molar-refractivity contribution in [1.29, 1.82) is 0 Å². The summed E-state index contributed by atoms with van der Waals surface area (Å²) in [5.41, 5.74) is 0. The van der Waals surface area contributed by atoms with E-state index in [-0.39, 0.29) is 0 Å². The highest BCUT2D eigenvalue weighted by atomic mass is 33.1. The summed E-state index contributed by atoms with van der Waals surface area (Å²) in [5.74, 6) is 1.79. The third kappa shape index (κ3) is 2.33. The highest BCUT2D eigenvalue weighted by Gasteiger charge is 2.32. The molecule has 72 valence electrons. The van der Waals surface area contributed by atoms with E-state index >= 15 is 0 Å². The Morgan fingerprint density at radius 3 is 2.50 bits per heavy atom. The lowest BCUT2D eigenvalue weighted by molar-refractivity contribution is 0.0815. The third-order valence-corrected chi connectivity index (χ3v) is 4.62. The second-order valence-electron chi connectivity index (χ2n) is 3.86. The third-order valence-electron chi connectivity index (χ3n) is 2.94. The van der Waals surface area contributed by atoms with Crippen LogP contribution in [0.15, 0.2) is 0 Å². The van der Waals surface area contributed by atoms with Gasteiger partial charge in [0.2, 0.25) is 0 Å². The SMILES string of the molecule is CC[C@@H](C1CN(C)C1)C(C)SS. The first-order valence-corrected chi connectivity index (χ1v) is 6.61. The van der Waals surface area contributed by atoms with E-state index in [0.717, 1.165) is 11.8 Å². The topological polar surface area (TPSA) is 3.24 Å². The molecule has 1 rings (SSSR count). The molecular weight excluding hydrogens is 186 g/mol. The molecule has 0 radical (unpaired) electrons. The van der Waals surface area contributed by atoms with Gasteiger partial charge >= 0.3 is 0 Å². The van der Waals surface area contributed by atoms with Crippen LogP contribution >= 0.6 is 22.5 Å². The average molecular weight is 205 g/mol. The summed E-state index contributed by atoms with van der Waals surface area (Å²) < 4.78 is 0. The summed E-state index contributed by atoms with van der Waals surface area (Å²) >= 11 is 4.29. The predicted octanol–water partition coefficient (Wildman–Crippen LogP) is 2.54. The van der Waals surface area contributed by atoms with E-state index in [0.29, 0.717) is 5.25 Å². The molecule has 0 aromatic carbocycles. The van der Waals surface area contributed by atoms with Gasteiger partial charge in [-0.25, -0.2) is 0 Å². The number of likely N-dealkylation sites (tertiary alicyclic amines) is 1. The molecule has 3 heteroatoms. The Morgan fingerprint density at radius 2 is 2.17 bits per heavy atom. The molecule has 1 unspecified atom stereocenters. The van der Waals surface area contributed by atoms with E-state index in [4.69, 9.17) is 0 Å². The molecule has 0 aromatic rings. The van der Waals surface area contributed by atoms with Crippen LogP contribution in [0.4, 0.5) is 0 Å². The summed E-state index contributed by atoms with van der Waals surface area (Å²) in [4.78, 5) is 2.39. The van der Waals surface area contributed by atoms with Gasteiger partial charge in [0.15, 0.2) is 0 Å². The maximum atomic E-state index is 4.29. The van der Waals surface area contributed by atoms with E-state index in [1.54, 1.807) is 10.8 Å². The fourth-order valence-electron chi connectivity index (χ4n) is 2.14. The molecule has 0 N–H and O–H groups in total. The fraction of sp³-hybridized carbons (Fsp3) is 1.00. The highest BCUT2D eigenvalue weighted by Crippen LogP contribution is 2.34. The molecular formula is C9H19NS2. The summed E-state index contributed by atoms with van der Waals surface area (Å²) in [6.45, 7) is 7.17. The molecule has 2 atom stereocenters. The van der Waals surface area contributed by atoms with Crippen molar-refractivity contribution in [2.75, 3.05) is 20.1 Å². The maximum absolute atomic E-state index is 4.29. The minimum Gasteiger partial charge on any atom is -0.306 e. The fourth-order valence-corrected chi connectivity index (χ4v) is 3.18. The van der Waals surface area contributed by atoms with Gasteiger partial charge in [0.1, 0.15) is 0 Å². The molecule has 0 spiro atoms. The van der Waals surface area contributed by atoms with Crippen LogP contribution < -0.4 is 0 Å². The van der Waals surface area contributed by atoms with Gasteiger partial charge < -0.3 is 4.90 Å².